The summed E-state index contributed by atoms with van der Waals surface area (Å²) in [5, 5.41) is 0. The molecule has 0 spiro atoms. The fourth-order valence-electron chi connectivity index (χ4n) is 1.82. The van der Waals surface area contributed by atoms with Crippen molar-refractivity contribution >= 4 is 0 Å². The van der Waals surface area contributed by atoms with Crippen LogP contribution in [0.2, 0.25) is 0 Å². The molecule has 1 saturated heterocycles. The van der Waals surface area contributed by atoms with Crippen molar-refractivity contribution in [3.63, 3.8) is 0 Å². The fourth-order valence-corrected chi connectivity index (χ4v) is 1.82. The molecule has 1 heterocycles. The molecule has 1 aliphatic heterocycles. The molecule has 1 fully saturated rings. The van der Waals surface area contributed by atoms with E-state index in [1.807, 2.05) is 13.8 Å². The molecule has 0 aliphatic carbocycles. The second-order valence-corrected chi connectivity index (χ2v) is 4.46. The maximum Gasteiger partial charge on any atom is 0.0593 e. The Morgan fingerprint density at radius 1 is 0.889 bits per heavy atom. The molecule has 0 amide bonds. The van der Waals surface area contributed by atoms with E-state index in [0.717, 1.165) is 39.2 Å². The van der Waals surface area contributed by atoms with Gasteiger partial charge in [0.25, 0.3) is 0 Å². The van der Waals surface area contributed by atoms with E-state index in [1.165, 1.54) is 26.2 Å². The topological polar surface area (TPSA) is 24.9 Å². The van der Waals surface area contributed by atoms with E-state index in [4.69, 9.17) is 9.47 Å². The van der Waals surface area contributed by atoms with Crippen molar-refractivity contribution in [3.8, 4) is 0 Å². The fraction of sp³-hybridized carbons (Fsp3) is 1.00. The summed E-state index contributed by atoms with van der Waals surface area (Å²) in [6.07, 6.45) is 2.21. The Morgan fingerprint density at radius 2 is 1.50 bits per heavy atom. The van der Waals surface area contributed by atoms with E-state index in [9.17, 15) is 0 Å². The lowest BCUT2D eigenvalue weighted by Crippen LogP contribution is -2.45. The predicted octanol–water partition coefficient (Wildman–Crippen LogP) is 1.70. The van der Waals surface area contributed by atoms with Gasteiger partial charge in [0.1, 0.15) is 0 Å². The van der Waals surface area contributed by atoms with Gasteiger partial charge in [0.05, 0.1) is 6.61 Å². The molecular weight excluding hydrogens is 228 g/mol. The van der Waals surface area contributed by atoms with Crippen molar-refractivity contribution in [2.45, 2.75) is 26.7 Å². The lowest BCUT2D eigenvalue weighted by molar-refractivity contribution is 0.0768. The van der Waals surface area contributed by atoms with Gasteiger partial charge in [-0.05, 0) is 19.9 Å². The van der Waals surface area contributed by atoms with Gasteiger partial charge in [-0.15, -0.1) is 0 Å². The van der Waals surface area contributed by atoms with Crippen molar-refractivity contribution < 1.29 is 9.47 Å². The second-order valence-electron chi connectivity index (χ2n) is 4.46. The van der Waals surface area contributed by atoms with Crippen molar-refractivity contribution in [1.29, 1.82) is 0 Å². The van der Waals surface area contributed by atoms with Crippen molar-refractivity contribution in [1.82, 2.24) is 9.80 Å². The third-order valence-electron chi connectivity index (χ3n) is 3.03. The van der Waals surface area contributed by atoms with Crippen LogP contribution in [0.15, 0.2) is 0 Å². The molecule has 0 aromatic carbocycles. The smallest absolute Gasteiger partial charge is 0.0593 e. The molecule has 1 rings (SSSR count). The minimum atomic E-state index is 0.849. The Labute approximate surface area is 113 Å². The monoisotopic (exact) mass is 260 g/mol. The summed E-state index contributed by atoms with van der Waals surface area (Å²) in [4.78, 5) is 4.86. The first-order valence-corrected chi connectivity index (χ1v) is 7.30. The van der Waals surface area contributed by atoms with Gasteiger partial charge in [-0.25, -0.2) is 0 Å². The predicted molar refractivity (Wildman–Crippen MR) is 77.2 cm³/mol. The summed E-state index contributed by atoms with van der Waals surface area (Å²) in [6, 6.07) is 0. The Balaban J connectivity index is 0.00000137. The molecule has 0 N–H and O–H groups in total. The molecule has 110 valence electrons. The first-order valence-electron chi connectivity index (χ1n) is 7.30. The van der Waals surface area contributed by atoms with Crippen LogP contribution < -0.4 is 0 Å². The number of hydrogen-bond acceptors (Lipinski definition) is 4. The number of unbranched alkanes of at least 4 members (excludes halogenated alkanes) is 1. The van der Waals surface area contributed by atoms with Crippen LogP contribution in [0.3, 0.4) is 0 Å². The number of piperazine rings is 1. The average molecular weight is 260 g/mol. The molecular formula is C14H32N2O2. The van der Waals surface area contributed by atoms with Crippen molar-refractivity contribution in [3.05, 3.63) is 0 Å². The zero-order valence-electron chi connectivity index (χ0n) is 12.8. The third kappa shape index (κ3) is 9.83. The normalized spacial score (nSPS) is 17.3. The molecule has 4 nitrogen and oxygen atoms in total. The van der Waals surface area contributed by atoms with E-state index in [2.05, 4.69) is 16.8 Å². The highest BCUT2D eigenvalue weighted by molar-refractivity contribution is 4.68. The highest BCUT2D eigenvalue weighted by Crippen LogP contribution is 1.98. The molecule has 18 heavy (non-hydrogen) atoms. The van der Waals surface area contributed by atoms with E-state index < -0.39 is 0 Å². The van der Waals surface area contributed by atoms with Crippen LogP contribution in [-0.4, -0.2) is 76.5 Å². The standard InChI is InChI=1S/C12H26N2O2.C2H6/c1-13-5-7-14(8-6-13)9-12-16-11-4-3-10-15-2;1-2/h3-12H2,1-2H3;1-2H3. The molecule has 0 atom stereocenters. The van der Waals surface area contributed by atoms with E-state index in [1.54, 1.807) is 7.11 Å². The van der Waals surface area contributed by atoms with Crippen LogP contribution in [0.1, 0.15) is 26.7 Å². The first kappa shape index (κ1) is 17.8. The van der Waals surface area contributed by atoms with Crippen LogP contribution in [-0.2, 0) is 9.47 Å². The van der Waals surface area contributed by atoms with Gasteiger partial charge in [0.15, 0.2) is 0 Å². The van der Waals surface area contributed by atoms with Gasteiger partial charge in [-0.3, -0.25) is 4.90 Å². The highest BCUT2D eigenvalue weighted by atomic mass is 16.5. The summed E-state index contributed by atoms with van der Waals surface area (Å²) >= 11 is 0. The summed E-state index contributed by atoms with van der Waals surface area (Å²) in [5.41, 5.74) is 0. The minimum absolute atomic E-state index is 0.849. The van der Waals surface area contributed by atoms with Gasteiger partial charge in [-0.2, -0.15) is 0 Å². The third-order valence-corrected chi connectivity index (χ3v) is 3.03. The van der Waals surface area contributed by atoms with Crippen LogP contribution in [0, 0.1) is 0 Å². The Bertz CT molecular complexity index is 160. The highest BCUT2D eigenvalue weighted by Gasteiger charge is 2.12. The zero-order valence-corrected chi connectivity index (χ0v) is 12.8. The van der Waals surface area contributed by atoms with E-state index in [-0.39, 0.29) is 0 Å². The number of methoxy groups -OCH3 is 1. The molecule has 0 saturated carbocycles. The Morgan fingerprint density at radius 3 is 2.11 bits per heavy atom. The first-order chi connectivity index (χ1) is 8.83. The van der Waals surface area contributed by atoms with Gasteiger partial charge in [-0.1, -0.05) is 13.8 Å². The second kappa shape index (κ2) is 13.3. The van der Waals surface area contributed by atoms with Gasteiger partial charge >= 0.3 is 0 Å². The van der Waals surface area contributed by atoms with Crippen LogP contribution in [0.4, 0.5) is 0 Å². The molecule has 4 heteroatoms. The van der Waals surface area contributed by atoms with Crippen molar-refractivity contribution in [2.75, 3.05) is 66.7 Å². The molecule has 0 aromatic heterocycles. The molecule has 0 bridgehead atoms. The zero-order chi connectivity index (χ0) is 13.6. The largest absolute Gasteiger partial charge is 0.385 e. The number of likely N-dealkylation sites (N-methyl/N-ethyl adjacent to an activating group) is 1. The Hall–Kier alpha value is -0.160. The van der Waals surface area contributed by atoms with Gasteiger partial charge in [0.2, 0.25) is 0 Å². The van der Waals surface area contributed by atoms with Gasteiger partial charge < -0.3 is 14.4 Å². The lowest BCUT2D eigenvalue weighted by atomic mass is 10.3. The van der Waals surface area contributed by atoms with E-state index in [0.29, 0.717) is 0 Å². The molecule has 0 aromatic rings. The minimum Gasteiger partial charge on any atom is -0.385 e. The summed E-state index contributed by atoms with van der Waals surface area (Å²) in [6.45, 7) is 12.4. The Kier molecular flexibility index (Phi) is 13.2. The maximum absolute atomic E-state index is 5.60. The quantitative estimate of drug-likeness (QED) is 0.620. The summed E-state index contributed by atoms with van der Waals surface area (Å²) in [5.74, 6) is 0. The molecule has 1 aliphatic rings. The van der Waals surface area contributed by atoms with Crippen molar-refractivity contribution in [2.24, 2.45) is 0 Å². The number of rotatable bonds is 8. The van der Waals surface area contributed by atoms with Gasteiger partial charge in [0, 0.05) is 53.0 Å². The molecule has 0 radical (unpaired) electrons. The van der Waals surface area contributed by atoms with Crippen LogP contribution in [0.25, 0.3) is 0 Å². The summed E-state index contributed by atoms with van der Waals surface area (Å²) < 4.78 is 10.6. The number of hydrogen-bond donors (Lipinski definition) is 0. The average Bonchev–Trinajstić information content (AvgIpc) is 2.42. The molecule has 0 unspecified atom stereocenters. The summed E-state index contributed by atoms with van der Waals surface area (Å²) in [7, 11) is 3.93. The number of nitrogens with zero attached hydrogens (tertiary/aromatic N) is 2. The van der Waals surface area contributed by atoms with Crippen LogP contribution in [0.5, 0.6) is 0 Å². The number of ether oxygens (including phenoxy) is 2. The lowest BCUT2D eigenvalue weighted by Gasteiger charge is -2.32. The maximum atomic E-state index is 5.60. The SMILES string of the molecule is CC.COCCCCOCCN1CCN(C)CC1. The van der Waals surface area contributed by atoms with Crippen LogP contribution >= 0.6 is 0 Å². The van der Waals surface area contributed by atoms with E-state index >= 15 is 0 Å².